The van der Waals surface area contributed by atoms with Gasteiger partial charge in [-0.3, -0.25) is 0 Å². The lowest BCUT2D eigenvalue weighted by Crippen LogP contribution is -2.45. The molecule has 0 saturated carbocycles. The summed E-state index contributed by atoms with van der Waals surface area (Å²) >= 11 is 0. The number of alkyl halides is 12. The summed E-state index contributed by atoms with van der Waals surface area (Å²) < 4.78 is 217. The number of nitrogens with zero attached hydrogens (tertiary/aromatic N) is 2. The number of hydrogen-bond donors (Lipinski definition) is 2. The maximum atomic E-state index is 11.5. The molecule has 0 fully saturated rings. The van der Waals surface area contributed by atoms with Gasteiger partial charge in [-0.15, -0.1) is 0 Å². The van der Waals surface area contributed by atoms with Crippen LogP contribution in [0, 0.1) is 0 Å². The molecule has 0 spiro atoms. The largest absolute Gasteiger partial charge is 0.512 e. The summed E-state index contributed by atoms with van der Waals surface area (Å²) in [4.78, 5) is 4.54. The van der Waals surface area contributed by atoms with Crippen LogP contribution in [0.4, 0.5) is 52.7 Å². The number of benzene rings is 1. The van der Waals surface area contributed by atoms with Crippen molar-refractivity contribution in [2.24, 2.45) is 0 Å². The molecule has 0 saturated heterocycles. The van der Waals surface area contributed by atoms with E-state index in [0.29, 0.717) is 6.17 Å². The van der Waals surface area contributed by atoms with E-state index >= 15 is 0 Å². The third-order valence-corrected chi connectivity index (χ3v) is 10.4. The van der Waals surface area contributed by atoms with Crippen LogP contribution in [-0.2, 0) is 46.6 Å². The molecule has 44 heavy (non-hydrogen) atoms. The molecule has 258 valence electrons. The second kappa shape index (κ2) is 13.8. The monoisotopic (exact) mass is 750 g/mol. The fourth-order valence-corrected chi connectivity index (χ4v) is 5.95. The van der Waals surface area contributed by atoms with Gasteiger partial charge in [0.15, 0.2) is 0 Å². The van der Waals surface area contributed by atoms with Crippen LogP contribution >= 0.6 is 0 Å². The van der Waals surface area contributed by atoms with Crippen molar-refractivity contribution < 1.29 is 86.4 Å². The summed E-state index contributed by atoms with van der Waals surface area (Å²) in [6.07, 6.45) is 4.74. The topological polar surface area (TPSA) is 167 Å². The van der Waals surface area contributed by atoms with E-state index in [9.17, 15) is 86.4 Å². The Balaban J connectivity index is 0.000000630. The Morgan fingerprint density at radius 2 is 0.886 bits per heavy atom. The highest BCUT2D eigenvalue weighted by Gasteiger charge is 2.56. The van der Waals surface area contributed by atoms with Crippen LogP contribution in [-0.4, -0.2) is 78.7 Å². The first kappa shape index (κ1) is 41.4. The molecule has 2 N–H and O–H groups in total. The van der Waals surface area contributed by atoms with Gasteiger partial charge in [0.1, 0.15) is 0 Å². The van der Waals surface area contributed by atoms with Gasteiger partial charge in [-0.05, 0) is 12.5 Å². The lowest BCUT2D eigenvalue weighted by molar-refractivity contribution is -0.0487. The third-order valence-electron chi connectivity index (χ3n) is 4.43. The quantitative estimate of drug-likeness (QED) is 0.413. The molecular formula is C16H18F12N4O8S4. The highest BCUT2D eigenvalue weighted by molar-refractivity contribution is 8.06. The van der Waals surface area contributed by atoms with Gasteiger partial charge in [-0.25, -0.2) is 33.7 Å². The normalized spacial score (nSPS) is 17.0. The Labute approximate surface area is 241 Å². The number of sulfonamides is 4. The summed E-state index contributed by atoms with van der Waals surface area (Å²) in [5.41, 5.74) is -23.2. The van der Waals surface area contributed by atoms with Crippen LogP contribution < -0.4 is 8.25 Å². The van der Waals surface area contributed by atoms with Crippen molar-refractivity contribution in [1.82, 2.24) is 18.1 Å². The SMILES string of the molecule is CC1N(C)C=CN1Cc1ccccc1.O=S(=O)(NS(=O)(=O)C(F)(F)F)C(F)(F)F.O=S(=O)(NS(=O)(=O)C(F)(F)F)C(F)(F)F. The Bertz CT molecular complexity index is 1400. The molecule has 12 nitrogen and oxygen atoms in total. The summed E-state index contributed by atoms with van der Waals surface area (Å²) in [6, 6.07) is 10.6. The summed E-state index contributed by atoms with van der Waals surface area (Å²) in [5, 5.41) is 0. The minimum atomic E-state index is -6.60. The van der Waals surface area contributed by atoms with E-state index in [4.69, 9.17) is 0 Å². The predicted molar refractivity (Wildman–Crippen MR) is 125 cm³/mol. The second-order valence-corrected chi connectivity index (χ2v) is 14.9. The molecule has 1 aromatic carbocycles. The second-order valence-electron chi connectivity index (χ2n) is 7.72. The lowest BCUT2D eigenvalue weighted by Gasteiger charge is -2.27. The van der Waals surface area contributed by atoms with Gasteiger partial charge in [-0.2, -0.15) is 52.7 Å². The minimum absolute atomic E-state index is 0.468. The fourth-order valence-electron chi connectivity index (χ4n) is 2.13. The fraction of sp³-hybridized carbons (Fsp3) is 0.500. The highest BCUT2D eigenvalue weighted by atomic mass is 32.3. The van der Waals surface area contributed by atoms with E-state index < -0.39 is 70.4 Å². The number of nitrogens with one attached hydrogen (secondary N) is 2. The molecule has 0 radical (unpaired) electrons. The van der Waals surface area contributed by atoms with Crippen molar-refractivity contribution in [3.63, 3.8) is 0 Å². The van der Waals surface area contributed by atoms with Crippen molar-refractivity contribution in [3.8, 4) is 0 Å². The molecule has 28 heteroatoms. The molecule has 1 aromatic rings. The van der Waals surface area contributed by atoms with E-state index in [1.807, 2.05) is 0 Å². The predicted octanol–water partition coefficient (Wildman–Crippen LogP) is 2.80. The van der Waals surface area contributed by atoms with Gasteiger partial charge in [0.05, 0.1) is 6.17 Å². The molecule has 1 unspecified atom stereocenters. The average Bonchev–Trinajstić information content (AvgIpc) is 3.08. The zero-order chi connectivity index (χ0) is 35.4. The molecule has 1 heterocycles. The first-order valence-corrected chi connectivity index (χ1v) is 16.1. The van der Waals surface area contributed by atoms with Crippen molar-refractivity contribution >= 4 is 40.1 Å². The van der Waals surface area contributed by atoms with E-state index in [-0.39, 0.29) is 0 Å². The standard InChI is InChI=1S/C12H16N2.2C2HF6NO4S2/c1-11-13(2)8-9-14(11)10-12-6-4-3-5-7-12;2*3-1(4,5)14(10,11)9-15(12,13)2(6,7)8/h3-9,11H,10H2,1-2H3;2*9H. The average molecular weight is 751 g/mol. The Morgan fingerprint density at radius 3 is 1.11 bits per heavy atom. The lowest BCUT2D eigenvalue weighted by atomic mass is 10.2. The smallest absolute Gasteiger partial charge is 0.359 e. The van der Waals surface area contributed by atoms with Crippen molar-refractivity contribution in [2.75, 3.05) is 7.05 Å². The van der Waals surface area contributed by atoms with Crippen LogP contribution in [0.25, 0.3) is 0 Å². The van der Waals surface area contributed by atoms with Gasteiger partial charge in [0.25, 0.3) is 0 Å². The maximum absolute atomic E-state index is 11.5. The van der Waals surface area contributed by atoms with Crippen LogP contribution in [0.15, 0.2) is 42.7 Å². The van der Waals surface area contributed by atoms with Crippen LogP contribution in [0.2, 0.25) is 0 Å². The van der Waals surface area contributed by atoms with Gasteiger partial charge in [-0.1, -0.05) is 38.6 Å². The molecule has 1 aliphatic rings. The molecule has 1 atom stereocenters. The van der Waals surface area contributed by atoms with Crippen molar-refractivity contribution in [2.45, 2.75) is 41.7 Å². The maximum Gasteiger partial charge on any atom is 0.512 e. The molecule has 2 rings (SSSR count). The van der Waals surface area contributed by atoms with Crippen LogP contribution in [0.3, 0.4) is 0 Å². The van der Waals surface area contributed by atoms with Crippen molar-refractivity contribution in [3.05, 3.63) is 48.3 Å². The molecule has 0 aliphatic carbocycles. The van der Waals surface area contributed by atoms with E-state index in [2.05, 4.69) is 66.5 Å². The van der Waals surface area contributed by atoms with E-state index in [0.717, 1.165) is 6.54 Å². The van der Waals surface area contributed by atoms with Crippen LogP contribution in [0.1, 0.15) is 12.5 Å². The third kappa shape index (κ3) is 11.7. The van der Waals surface area contributed by atoms with Crippen molar-refractivity contribution in [1.29, 1.82) is 0 Å². The van der Waals surface area contributed by atoms with Gasteiger partial charge >= 0.3 is 62.1 Å². The Kier molecular flexibility index (Phi) is 13.0. The highest BCUT2D eigenvalue weighted by Crippen LogP contribution is 2.28. The zero-order valence-electron chi connectivity index (χ0n) is 21.2. The van der Waals surface area contributed by atoms with Gasteiger partial charge in [0.2, 0.25) is 0 Å². The van der Waals surface area contributed by atoms with E-state index in [1.165, 1.54) is 5.56 Å². The summed E-state index contributed by atoms with van der Waals surface area (Å²) in [7, 11) is -24.3. The first-order valence-electron chi connectivity index (χ1n) is 10.2. The van der Waals surface area contributed by atoms with E-state index in [1.54, 1.807) is 0 Å². The van der Waals surface area contributed by atoms with Crippen LogP contribution in [0.5, 0.6) is 0 Å². The molecule has 0 aromatic heterocycles. The number of rotatable bonds is 6. The first-order chi connectivity index (χ1) is 19.2. The summed E-state index contributed by atoms with van der Waals surface area (Å²) in [5.74, 6) is 0. The molecule has 0 bridgehead atoms. The number of hydrogen-bond acceptors (Lipinski definition) is 10. The molecule has 1 aliphatic heterocycles. The number of halogens is 12. The minimum Gasteiger partial charge on any atom is -0.359 e. The molecular weight excluding hydrogens is 732 g/mol. The summed E-state index contributed by atoms with van der Waals surface area (Å²) in [6.45, 7) is 3.20. The zero-order valence-corrected chi connectivity index (χ0v) is 24.4. The molecule has 0 amide bonds. The van der Waals surface area contributed by atoms with Gasteiger partial charge in [0, 0.05) is 26.0 Å². The Morgan fingerprint density at radius 1 is 0.591 bits per heavy atom. The Hall–Kier alpha value is -2.56. The van der Waals surface area contributed by atoms with Gasteiger partial charge < -0.3 is 9.80 Å².